The van der Waals surface area contributed by atoms with Crippen molar-refractivity contribution < 1.29 is 0 Å². The molecule has 12 aromatic carbocycles. The summed E-state index contributed by atoms with van der Waals surface area (Å²) < 4.78 is 2.39. The minimum atomic E-state index is 1.12. The number of aromatic nitrogens is 1. The van der Waals surface area contributed by atoms with E-state index >= 15 is 0 Å². The van der Waals surface area contributed by atoms with Gasteiger partial charge in [-0.15, -0.1) is 0 Å². The van der Waals surface area contributed by atoms with Gasteiger partial charge in [-0.1, -0.05) is 212 Å². The summed E-state index contributed by atoms with van der Waals surface area (Å²) in [4.78, 5) is 0. The highest BCUT2D eigenvalue weighted by atomic mass is 15.0. The molecule has 0 aliphatic heterocycles. The smallest absolute Gasteiger partial charge is 0.0535 e. The normalized spacial score (nSPS) is 11.6. The first-order valence-corrected chi connectivity index (χ1v) is 23.1. The first-order chi connectivity index (χ1) is 33.2. The van der Waals surface area contributed by atoms with E-state index < -0.39 is 0 Å². The Hall–Kier alpha value is -8.78. The van der Waals surface area contributed by atoms with Crippen LogP contribution >= 0.6 is 0 Å². The van der Waals surface area contributed by atoms with Gasteiger partial charge in [0.05, 0.1) is 5.52 Å². The number of hydrogen-bond donors (Lipinski definition) is 0. The van der Waals surface area contributed by atoms with Gasteiger partial charge in [0.2, 0.25) is 0 Å². The van der Waals surface area contributed by atoms with Crippen molar-refractivity contribution in [1.29, 1.82) is 0 Å². The summed E-state index contributed by atoms with van der Waals surface area (Å²) >= 11 is 0. The minimum absolute atomic E-state index is 1.12. The highest BCUT2D eigenvalue weighted by Gasteiger charge is 2.17. The highest BCUT2D eigenvalue weighted by Crippen LogP contribution is 2.41. The van der Waals surface area contributed by atoms with E-state index in [9.17, 15) is 0 Å². The molecule has 0 bridgehead atoms. The lowest BCUT2D eigenvalue weighted by Crippen LogP contribution is -1.94. The predicted molar refractivity (Wildman–Crippen MR) is 286 cm³/mol. The molecule has 1 nitrogen and oxygen atoms in total. The van der Waals surface area contributed by atoms with Crippen LogP contribution in [0.25, 0.3) is 126 Å². The molecule has 0 spiro atoms. The van der Waals surface area contributed by atoms with Crippen molar-refractivity contribution in [3.05, 3.63) is 261 Å². The van der Waals surface area contributed by atoms with Gasteiger partial charge in [-0.3, -0.25) is 0 Å². The summed E-state index contributed by atoms with van der Waals surface area (Å²) in [7, 11) is 0. The fourth-order valence-corrected chi connectivity index (χ4v) is 10.5. The molecule has 0 saturated carbocycles. The molecule has 0 radical (unpaired) electrons. The molecule has 1 heterocycles. The third-order valence-electron chi connectivity index (χ3n) is 13.8. The Kier molecular flexibility index (Phi) is 9.25. The van der Waals surface area contributed by atoms with Crippen molar-refractivity contribution in [3.63, 3.8) is 0 Å². The molecule has 13 rings (SSSR count). The maximum Gasteiger partial charge on any atom is 0.0535 e. The van der Waals surface area contributed by atoms with Crippen LogP contribution in [0.15, 0.2) is 261 Å². The van der Waals surface area contributed by atoms with Gasteiger partial charge in [0, 0.05) is 22.8 Å². The lowest BCUT2D eigenvalue weighted by molar-refractivity contribution is 1.13. The molecule has 0 atom stereocenters. The second-order valence-corrected chi connectivity index (χ2v) is 17.7. The summed E-state index contributed by atoms with van der Waals surface area (Å²) in [6.45, 7) is 0. The quantitative estimate of drug-likeness (QED) is 0.141. The van der Waals surface area contributed by atoms with E-state index in [1.807, 2.05) is 0 Å². The second-order valence-electron chi connectivity index (χ2n) is 17.7. The van der Waals surface area contributed by atoms with Gasteiger partial charge in [0.15, 0.2) is 0 Å². The monoisotopic (exact) mass is 849 g/mol. The van der Waals surface area contributed by atoms with Gasteiger partial charge >= 0.3 is 0 Å². The van der Waals surface area contributed by atoms with Crippen LogP contribution in [0.2, 0.25) is 0 Å². The van der Waals surface area contributed by atoms with Gasteiger partial charge in [0.25, 0.3) is 0 Å². The standard InChI is InChI=1S/C66H43N/c1-3-15-44(16-4-1)53-37-54(45-17-5-2-6-18-45)39-55(38-53)67-43-65(49-33-31-48(32-34-49)63-42-52-20-8-10-22-57(52)59-24-12-14-26-61(59)63)64-40-50(35-36-66(64)67)46-27-29-47(30-28-46)62-41-51-19-7-9-21-56(51)58-23-11-13-25-60(58)62/h1-43H. The molecule has 0 aliphatic rings. The molecule has 0 saturated heterocycles. The van der Waals surface area contributed by atoms with Crippen molar-refractivity contribution in [3.8, 4) is 72.4 Å². The largest absolute Gasteiger partial charge is 0.316 e. The van der Waals surface area contributed by atoms with Crippen molar-refractivity contribution in [2.45, 2.75) is 0 Å². The topological polar surface area (TPSA) is 4.93 Å². The molecule has 13 aromatic rings. The minimum Gasteiger partial charge on any atom is -0.316 e. The Bertz CT molecular complexity index is 3930. The fraction of sp³-hybridized carbons (Fsp3) is 0. The third kappa shape index (κ3) is 6.80. The SMILES string of the molecule is c1ccc(-c2cc(-c3ccccc3)cc(-n3cc(-c4ccc(-c5cc6ccccc6c6ccccc56)cc4)c4cc(-c5ccc(-c6cc7ccccc7c7ccccc67)cc5)ccc43)c2)cc1. The van der Waals surface area contributed by atoms with Crippen molar-refractivity contribution in [1.82, 2.24) is 4.57 Å². The van der Waals surface area contributed by atoms with E-state index in [0.29, 0.717) is 0 Å². The van der Waals surface area contributed by atoms with Crippen LogP contribution in [-0.2, 0) is 0 Å². The first-order valence-electron chi connectivity index (χ1n) is 23.1. The molecule has 312 valence electrons. The molecule has 0 N–H and O–H groups in total. The van der Waals surface area contributed by atoms with Crippen molar-refractivity contribution in [2.24, 2.45) is 0 Å². The predicted octanol–water partition coefficient (Wildman–Crippen LogP) is 18.2. The van der Waals surface area contributed by atoms with E-state index in [0.717, 1.165) is 11.2 Å². The molecule has 1 heteroatoms. The average molecular weight is 850 g/mol. The van der Waals surface area contributed by atoms with Gasteiger partial charge in [-0.05, 0) is 147 Å². The highest BCUT2D eigenvalue weighted by molar-refractivity contribution is 6.15. The van der Waals surface area contributed by atoms with Gasteiger partial charge < -0.3 is 4.57 Å². The molecular formula is C66H43N. The summed E-state index contributed by atoms with van der Waals surface area (Å²) in [5.74, 6) is 0. The van der Waals surface area contributed by atoms with Crippen molar-refractivity contribution >= 4 is 54.0 Å². The average Bonchev–Trinajstić information content (AvgIpc) is 3.80. The number of nitrogens with zero attached hydrogens (tertiary/aromatic N) is 1. The Morgan fingerprint density at radius 3 is 1.10 bits per heavy atom. The molecule has 67 heavy (non-hydrogen) atoms. The van der Waals surface area contributed by atoms with Crippen LogP contribution in [0.4, 0.5) is 0 Å². The Balaban J connectivity index is 0.965. The lowest BCUT2D eigenvalue weighted by Gasteiger charge is -2.13. The van der Waals surface area contributed by atoms with E-state index in [1.165, 1.54) is 115 Å². The zero-order valence-corrected chi connectivity index (χ0v) is 36.8. The van der Waals surface area contributed by atoms with Crippen LogP contribution in [0.5, 0.6) is 0 Å². The van der Waals surface area contributed by atoms with Gasteiger partial charge in [-0.2, -0.15) is 0 Å². The zero-order valence-electron chi connectivity index (χ0n) is 36.8. The van der Waals surface area contributed by atoms with Gasteiger partial charge in [0.1, 0.15) is 0 Å². The van der Waals surface area contributed by atoms with Crippen LogP contribution in [0.3, 0.4) is 0 Å². The van der Waals surface area contributed by atoms with Crippen LogP contribution in [-0.4, -0.2) is 4.57 Å². The summed E-state index contributed by atoms with van der Waals surface area (Å²) in [5.41, 5.74) is 16.7. The number of fused-ring (bicyclic) bond motifs is 7. The van der Waals surface area contributed by atoms with Crippen LogP contribution in [0, 0.1) is 0 Å². The van der Waals surface area contributed by atoms with Gasteiger partial charge in [-0.25, -0.2) is 0 Å². The van der Waals surface area contributed by atoms with E-state index in [2.05, 4.69) is 266 Å². The summed E-state index contributed by atoms with van der Waals surface area (Å²) in [6, 6.07) is 93.5. The van der Waals surface area contributed by atoms with E-state index in [-0.39, 0.29) is 0 Å². The molecule has 0 fully saturated rings. The Morgan fingerprint density at radius 1 is 0.209 bits per heavy atom. The Morgan fingerprint density at radius 2 is 0.597 bits per heavy atom. The van der Waals surface area contributed by atoms with Crippen LogP contribution in [0.1, 0.15) is 0 Å². The summed E-state index contributed by atoms with van der Waals surface area (Å²) in [6.07, 6.45) is 2.35. The van der Waals surface area contributed by atoms with Crippen molar-refractivity contribution in [2.75, 3.05) is 0 Å². The first kappa shape index (κ1) is 38.7. The number of rotatable bonds is 7. The van der Waals surface area contributed by atoms with E-state index in [1.54, 1.807) is 0 Å². The maximum absolute atomic E-state index is 2.39. The maximum atomic E-state index is 2.39. The molecular weight excluding hydrogens is 807 g/mol. The number of hydrogen-bond acceptors (Lipinski definition) is 0. The summed E-state index contributed by atoms with van der Waals surface area (Å²) in [5, 5.41) is 11.4. The van der Waals surface area contributed by atoms with E-state index in [4.69, 9.17) is 0 Å². The van der Waals surface area contributed by atoms with Crippen LogP contribution < -0.4 is 0 Å². The molecule has 0 aliphatic carbocycles. The molecule has 0 unspecified atom stereocenters. The second kappa shape index (κ2) is 16.0. The number of benzene rings is 12. The molecule has 1 aromatic heterocycles. The Labute approximate surface area is 390 Å². The molecule has 0 amide bonds. The fourth-order valence-electron chi connectivity index (χ4n) is 10.5. The zero-order chi connectivity index (χ0) is 44.3. The lowest BCUT2D eigenvalue weighted by atomic mass is 9.92. The third-order valence-corrected chi connectivity index (χ3v) is 13.8.